The molecule has 134 valence electrons. The zero-order valence-electron chi connectivity index (χ0n) is 14.0. The molecule has 0 bridgehead atoms. The molecule has 0 radical (unpaired) electrons. The Morgan fingerprint density at radius 3 is 2.38 bits per heavy atom. The summed E-state index contributed by atoms with van der Waals surface area (Å²) in [7, 11) is 0. The molecule has 5 nitrogen and oxygen atoms in total. The number of hydrogen-bond acceptors (Lipinski definition) is 3. The normalized spacial score (nSPS) is 14.2. The van der Waals surface area contributed by atoms with Crippen molar-refractivity contribution in [3.05, 3.63) is 64.2 Å². The highest BCUT2D eigenvalue weighted by molar-refractivity contribution is 6.31. The van der Waals surface area contributed by atoms with Gasteiger partial charge in [0.1, 0.15) is 0 Å². The van der Waals surface area contributed by atoms with Crippen LogP contribution in [0.5, 0.6) is 0 Å². The van der Waals surface area contributed by atoms with Gasteiger partial charge in [-0.25, -0.2) is 4.79 Å². The second-order valence-corrected chi connectivity index (χ2v) is 6.81. The summed E-state index contributed by atoms with van der Waals surface area (Å²) in [5, 5.41) is 12.1. The van der Waals surface area contributed by atoms with E-state index in [1.165, 1.54) is 18.2 Å². The maximum atomic E-state index is 12.5. The van der Waals surface area contributed by atoms with Crippen LogP contribution >= 0.6 is 11.6 Å². The van der Waals surface area contributed by atoms with E-state index in [0.717, 1.165) is 25.7 Å². The van der Waals surface area contributed by atoms with E-state index < -0.39 is 11.9 Å². The molecular weight excluding hydrogens is 354 g/mol. The van der Waals surface area contributed by atoms with Crippen molar-refractivity contribution in [2.45, 2.75) is 25.7 Å². The number of aromatic carboxylic acids is 1. The lowest BCUT2D eigenvalue weighted by atomic mass is 9.95. The first-order chi connectivity index (χ1) is 12.5. The van der Waals surface area contributed by atoms with Gasteiger partial charge in [0.05, 0.1) is 11.3 Å². The Morgan fingerprint density at radius 1 is 1.00 bits per heavy atom. The summed E-state index contributed by atoms with van der Waals surface area (Å²) in [6, 6.07) is 10.8. The second-order valence-electron chi connectivity index (χ2n) is 6.38. The summed E-state index contributed by atoms with van der Waals surface area (Å²) in [6.07, 6.45) is 3.90. The number of anilines is 1. The number of Topliss-reactive ketones (excluding diaryl/α,β-unsaturated/α-hetero) is 1. The third kappa shape index (κ3) is 3.94. The Labute approximate surface area is 156 Å². The number of amides is 1. The van der Waals surface area contributed by atoms with Crippen molar-refractivity contribution < 1.29 is 19.5 Å². The SMILES string of the molecule is O=C(Nc1ccc(Cl)cc1C(=O)O)c1cccc(C(=O)C2CCCC2)c1. The molecule has 1 aliphatic rings. The van der Waals surface area contributed by atoms with Crippen LogP contribution in [0.15, 0.2) is 42.5 Å². The van der Waals surface area contributed by atoms with Crippen LogP contribution in [-0.4, -0.2) is 22.8 Å². The van der Waals surface area contributed by atoms with E-state index in [4.69, 9.17) is 11.6 Å². The minimum Gasteiger partial charge on any atom is -0.478 e. The Morgan fingerprint density at radius 2 is 1.69 bits per heavy atom. The molecule has 0 heterocycles. The lowest BCUT2D eigenvalue weighted by molar-refractivity contribution is 0.0697. The molecule has 1 amide bonds. The largest absolute Gasteiger partial charge is 0.478 e. The molecular formula is C20H18ClNO4. The van der Waals surface area contributed by atoms with Gasteiger partial charge in [0.2, 0.25) is 0 Å². The van der Waals surface area contributed by atoms with E-state index in [0.29, 0.717) is 11.1 Å². The van der Waals surface area contributed by atoms with Crippen molar-refractivity contribution in [1.82, 2.24) is 0 Å². The molecule has 3 rings (SSSR count). The molecule has 0 spiro atoms. The number of hydrogen-bond donors (Lipinski definition) is 2. The summed E-state index contributed by atoms with van der Waals surface area (Å²) in [5.74, 6) is -1.57. The van der Waals surface area contributed by atoms with E-state index in [-0.39, 0.29) is 28.0 Å². The van der Waals surface area contributed by atoms with Crippen molar-refractivity contribution >= 4 is 34.9 Å². The molecule has 0 unspecified atom stereocenters. The van der Waals surface area contributed by atoms with Gasteiger partial charge in [0.15, 0.2) is 5.78 Å². The molecule has 1 aliphatic carbocycles. The first-order valence-corrected chi connectivity index (χ1v) is 8.82. The molecule has 26 heavy (non-hydrogen) atoms. The van der Waals surface area contributed by atoms with Crippen LogP contribution in [-0.2, 0) is 0 Å². The number of carbonyl (C=O) groups excluding carboxylic acids is 2. The molecule has 0 aromatic heterocycles. The van der Waals surface area contributed by atoms with Crippen LogP contribution in [0.3, 0.4) is 0 Å². The third-order valence-corrected chi connectivity index (χ3v) is 4.83. The highest BCUT2D eigenvalue weighted by Gasteiger charge is 2.24. The summed E-state index contributed by atoms with van der Waals surface area (Å²) in [6.45, 7) is 0. The van der Waals surface area contributed by atoms with Crippen LogP contribution in [0.4, 0.5) is 5.69 Å². The van der Waals surface area contributed by atoms with Crippen LogP contribution in [0.1, 0.15) is 56.8 Å². The van der Waals surface area contributed by atoms with Crippen molar-refractivity contribution in [2.75, 3.05) is 5.32 Å². The number of benzene rings is 2. The number of rotatable bonds is 5. The molecule has 0 saturated heterocycles. The van der Waals surface area contributed by atoms with E-state index in [1.54, 1.807) is 24.3 Å². The van der Waals surface area contributed by atoms with Gasteiger partial charge < -0.3 is 10.4 Å². The lowest BCUT2D eigenvalue weighted by Crippen LogP contribution is -2.16. The second kappa shape index (κ2) is 7.70. The average molecular weight is 372 g/mol. The average Bonchev–Trinajstić information content (AvgIpc) is 3.17. The maximum absolute atomic E-state index is 12.5. The standard InChI is InChI=1S/C20H18ClNO4/c21-15-8-9-17(16(11-15)20(25)26)22-19(24)14-7-3-6-13(10-14)18(23)12-4-1-2-5-12/h3,6-12H,1-2,4-5H2,(H,22,24)(H,25,26). The summed E-state index contributed by atoms with van der Waals surface area (Å²) >= 11 is 5.82. The van der Waals surface area contributed by atoms with E-state index >= 15 is 0 Å². The summed E-state index contributed by atoms with van der Waals surface area (Å²) < 4.78 is 0. The topological polar surface area (TPSA) is 83.5 Å². The first-order valence-electron chi connectivity index (χ1n) is 8.44. The van der Waals surface area contributed by atoms with Gasteiger partial charge in [0.25, 0.3) is 5.91 Å². The van der Waals surface area contributed by atoms with Crippen molar-refractivity contribution in [3.63, 3.8) is 0 Å². The molecule has 0 aliphatic heterocycles. The van der Waals surface area contributed by atoms with Gasteiger partial charge in [-0.1, -0.05) is 36.6 Å². The van der Waals surface area contributed by atoms with Gasteiger partial charge in [-0.15, -0.1) is 0 Å². The monoisotopic (exact) mass is 371 g/mol. The molecule has 2 N–H and O–H groups in total. The van der Waals surface area contributed by atoms with Crippen molar-refractivity contribution in [2.24, 2.45) is 5.92 Å². The molecule has 6 heteroatoms. The zero-order chi connectivity index (χ0) is 18.7. The number of carboxylic acids is 1. The van der Waals surface area contributed by atoms with Gasteiger partial charge >= 0.3 is 5.97 Å². The van der Waals surface area contributed by atoms with Gasteiger partial charge in [-0.05, 0) is 43.2 Å². The maximum Gasteiger partial charge on any atom is 0.337 e. The van der Waals surface area contributed by atoms with Crippen LogP contribution in [0.25, 0.3) is 0 Å². The smallest absolute Gasteiger partial charge is 0.337 e. The fourth-order valence-corrected chi connectivity index (χ4v) is 3.41. The van der Waals surface area contributed by atoms with Gasteiger partial charge in [0, 0.05) is 22.1 Å². The highest BCUT2D eigenvalue weighted by Crippen LogP contribution is 2.28. The predicted octanol–water partition coefficient (Wildman–Crippen LogP) is 4.66. The predicted molar refractivity (Wildman–Crippen MR) is 99.1 cm³/mol. The minimum atomic E-state index is -1.19. The fraction of sp³-hybridized carbons (Fsp3) is 0.250. The Bertz CT molecular complexity index is 872. The number of ketones is 1. The number of nitrogens with one attached hydrogen (secondary N) is 1. The molecule has 2 aromatic rings. The molecule has 1 fully saturated rings. The Balaban J connectivity index is 1.82. The van der Waals surface area contributed by atoms with Gasteiger partial charge in [-0.3, -0.25) is 9.59 Å². The van der Waals surface area contributed by atoms with Gasteiger partial charge in [-0.2, -0.15) is 0 Å². The zero-order valence-corrected chi connectivity index (χ0v) is 14.8. The molecule has 1 saturated carbocycles. The Hall–Kier alpha value is -2.66. The quantitative estimate of drug-likeness (QED) is 0.748. The molecule has 0 atom stereocenters. The van der Waals surface area contributed by atoms with Crippen LogP contribution < -0.4 is 5.32 Å². The highest BCUT2D eigenvalue weighted by atomic mass is 35.5. The fourth-order valence-electron chi connectivity index (χ4n) is 3.23. The third-order valence-electron chi connectivity index (χ3n) is 4.60. The lowest BCUT2D eigenvalue weighted by Gasteiger charge is -2.11. The first kappa shape index (κ1) is 18.1. The van der Waals surface area contributed by atoms with E-state index in [2.05, 4.69) is 5.32 Å². The minimum absolute atomic E-state index is 0.0307. The van der Waals surface area contributed by atoms with Crippen LogP contribution in [0, 0.1) is 5.92 Å². The van der Waals surface area contributed by atoms with E-state index in [9.17, 15) is 19.5 Å². The van der Waals surface area contributed by atoms with Crippen molar-refractivity contribution in [1.29, 1.82) is 0 Å². The number of carboxylic acid groups (broad SMARTS) is 1. The number of carbonyl (C=O) groups is 3. The Kier molecular flexibility index (Phi) is 5.38. The molecule has 2 aromatic carbocycles. The summed E-state index contributed by atoms with van der Waals surface area (Å²) in [5.41, 5.74) is 0.878. The van der Waals surface area contributed by atoms with Crippen molar-refractivity contribution in [3.8, 4) is 0 Å². The summed E-state index contributed by atoms with van der Waals surface area (Å²) in [4.78, 5) is 36.4. The van der Waals surface area contributed by atoms with E-state index in [1.807, 2.05) is 0 Å². The van der Waals surface area contributed by atoms with Crippen LogP contribution in [0.2, 0.25) is 5.02 Å². The number of halogens is 1.